The molecule has 1 aromatic rings. The normalized spacial score (nSPS) is 18.7. The molecule has 1 aliphatic heterocycles. The van der Waals surface area contributed by atoms with Crippen molar-refractivity contribution in [1.29, 1.82) is 0 Å². The maximum absolute atomic E-state index is 12.1. The Bertz CT molecular complexity index is 797. The van der Waals surface area contributed by atoms with Gasteiger partial charge in [-0.1, -0.05) is 30.8 Å². The van der Waals surface area contributed by atoms with Crippen LogP contribution < -0.4 is 10.6 Å². The van der Waals surface area contributed by atoms with E-state index in [0.717, 1.165) is 38.5 Å². The van der Waals surface area contributed by atoms with E-state index in [1.54, 1.807) is 0 Å². The van der Waals surface area contributed by atoms with E-state index in [9.17, 15) is 19.2 Å². The molecule has 0 aromatic carbocycles. The zero-order valence-corrected chi connectivity index (χ0v) is 18.1. The summed E-state index contributed by atoms with van der Waals surface area (Å²) < 4.78 is 5.36. The van der Waals surface area contributed by atoms with Crippen LogP contribution in [-0.4, -0.2) is 51.8 Å². The predicted molar refractivity (Wildman–Crippen MR) is 109 cm³/mol. The van der Waals surface area contributed by atoms with Gasteiger partial charge < -0.3 is 15.2 Å². The standard InChI is InChI=1S/C21H31N5O5/c1-15(27)24-21(11-4-2-3-5-12-21)20-23-17(31-25-20)8-7-16(28)22-13-6-14-26-18(29)9-10-19(26)30/h2-14H2,1H3,(H,22,28)(H,24,27). The number of nitrogens with zero attached hydrogens (tertiary/aromatic N) is 3. The second-order valence-corrected chi connectivity index (χ2v) is 8.33. The van der Waals surface area contributed by atoms with Crippen LogP contribution in [0.1, 0.15) is 82.8 Å². The number of likely N-dealkylation sites (tertiary alicyclic amines) is 1. The highest BCUT2D eigenvalue weighted by Crippen LogP contribution is 2.34. The third-order valence-corrected chi connectivity index (χ3v) is 5.87. The number of nitrogens with one attached hydrogen (secondary N) is 2. The van der Waals surface area contributed by atoms with Gasteiger partial charge in [-0.15, -0.1) is 0 Å². The average Bonchev–Trinajstić information content (AvgIpc) is 3.25. The van der Waals surface area contributed by atoms with Crippen molar-refractivity contribution in [2.24, 2.45) is 0 Å². The van der Waals surface area contributed by atoms with Crippen LogP contribution in [0.2, 0.25) is 0 Å². The van der Waals surface area contributed by atoms with Crippen LogP contribution in [-0.2, 0) is 31.1 Å². The van der Waals surface area contributed by atoms with Crippen LogP contribution >= 0.6 is 0 Å². The summed E-state index contributed by atoms with van der Waals surface area (Å²) in [6, 6.07) is 0. The molecule has 2 N–H and O–H groups in total. The van der Waals surface area contributed by atoms with Crippen LogP contribution in [0.5, 0.6) is 0 Å². The number of carbonyl (C=O) groups is 4. The van der Waals surface area contributed by atoms with Gasteiger partial charge in [0.25, 0.3) is 0 Å². The smallest absolute Gasteiger partial charge is 0.229 e. The van der Waals surface area contributed by atoms with Crippen LogP contribution in [0.15, 0.2) is 4.52 Å². The van der Waals surface area contributed by atoms with Gasteiger partial charge in [-0.3, -0.25) is 24.1 Å². The topological polar surface area (TPSA) is 134 Å². The molecular formula is C21H31N5O5. The third kappa shape index (κ3) is 6.11. The lowest BCUT2D eigenvalue weighted by molar-refractivity contribution is -0.138. The number of rotatable bonds is 9. The zero-order valence-electron chi connectivity index (χ0n) is 18.1. The first kappa shape index (κ1) is 22.9. The number of hydrogen-bond acceptors (Lipinski definition) is 7. The van der Waals surface area contributed by atoms with E-state index in [1.807, 2.05) is 0 Å². The summed E-state index contributed by atoms with van der Waals surface area (Å²) in [6.07, 6.45) is 7.33. The number of imide groups is 1. The molecule has 1 saturated carbocycles. The van der Waals surface area contributed by atoms with Gasteiger partial charge in [-0.25, -0.2) is 0 Å². The van der Waals surface area contributed by atoms with Gasteiger partial charge in [0.15, 0.2) is 5.82 Å². The Balaban J connectivity index is 1.45. The molecule has 0 radical (unpaired) electrons. The first-order valence-corrected chi connectivity index (χ1v) is 11.1. The number of carbonyl (C=O) groups excluding carboxylic acids is 4. The summed E-state index contributed by atoms with van der Waals surface area (Å²) in [4.78, 5) is 52.7. The molecule has 3 rings (SSSR count). The minimum Gasteiger partial charge on any atom is -0.356 e. The van der Waals surface area contributed by atoms with E-state index in [2.05, 4.69) is 20.8 Å². The molecule has 0 spiro atoms. The maximum atomic E-state index is 12.1. The Hall–Kier alpha value is -2.78. The lowest BCUT2D eigenvalue weighted by Crippen LogP contribution is -2.45. The monoisotopic (exact) mass is 433 g/mol. The fraction of sp³-hybridized carbons (Fsp3) is 0.714. The number of amides is 4. The van der Waals surface area contributed by atoms with Crippen molar-refractivity contribution in [2.75, 3.05) is 13.1 Å². The first-order chi connectivity index (χ1) is 14.9. The molecule has 1 aliphatic carbocycles. The van der Waals surface area contributed by atoms with Crippen molar-refractivity contribution in [3.8, 4) is 0 Å². The quantitative estimate of drug-likeness (QED) is 0.341. The summed E-state index contributed by atoms with van der Waals surface area (Å²) in [5.41, 5.74) is -0.600. The number of hydrogen-bond donors (Lipinski definition) is 2. The SMILES string of the molecule is CC(=O)NC1(c2noc(CCC(=O)NCCCN3C(=O)CCC3=O)n2)CCCCCC1. The van der Waals surface area contributed by atoms with Gasteiger partial charge in [0.2, 0.25) is 29.5 Å². The Kier molecular flexibility index (Phi) is 7.75. The molecule has 0 unspecified atom stereocenters. The Labute approximate surface area is 181 Å². The molecule has 2 aliphatic rings. The van der Waals surface area contributed by atoms with Gasteiger partial charge in [0.1, 0.15) is 5.54 Å². The molecule has 10 heteroatoms. The van der Waals surface area contributed by atoms with Gasteiger partial charge in [-0.2, -0.15) is 4.98 Å². The predicted octanol–water partition coefficient (Wildman–Crippen LogP) is 1.34. The first-order valence-electron chi connectivity index (χ1n) is 11.1. The third-order valence-electron chi connectivity index (χ3n) is 5.87. The molecule has 10 nitrogen and oxygen atoms in total. The van der Waals surface area contributed by atoms with E-state index in [0.29, 0.717) is 37.6 Å². The summed E-state index contributed by atoms with van der Waals surface area (Å²) in [5, 5.41) is 9.94. The Morgan fingerprint density at radius 3 is 2.42 bits per heavy atom. The Morgan fingerprint density at radius 1 is 1.10 bits per heavy atom. The second-order valence-electron chi connectivity index (χ2n) is 8.33. The molecule has 0 atom stereocenters. The highest BCUT2D eigenvalue weighted by molar-refractivity contribution is 6.01. The van der Waals surface area contributed by atoms with Crippen molar-refractivity contribution in [3.63, 3.8) is 0 Å². The van der Waals surface area contributed by atoms with Crippen molar-refractivity contribution < 1.29 is 23.7 Å². The van der Waals surface area contributed by atoms with Crippen LogP contribution in [0, 0.1) is 0 Å². The van der Waals surface area contributed by atoms with Crippen molar-refractivity contribution >= 4 is 23.6 Å². The second kappa shape index (κ2) is 10.5. The molecule has 2 fully saturated rings. The molecule has 0 bridgehead atoms. The summed E-state index contributed by atoms with van der Waals surface area (Å²) in [5.74, 6) is 0.283. The lowest BCUT2D eigenvalue weighted by Gasteiger charge is -2.30. The van der Waals surface area contributed by atoms with Crippen LogP contribution in [0.3, 0.4) is 0 Å². The maximum Gasteiger partial charge on any atom is 0.229 e. The van der Waals surface area contributed by atoms with Gasteiger partial charge in [0.05, 0.1) is 0 Å². The highest BCUT2D eigenvalue weighted by atomic mass is 16.5. The largest absolute Gasteiger partial charge is 0.356 e. The molecule has 4 amide bonds. The molecule has 1 saturated heterocycles. The minimum absolute atomic E-state index is 0.120. The van der Waals surface area contributed by atoms with E-state index in [4.69, 9.17) is 4.52 Å². The fourth-order valence-corrected chi connectivity index (χ4v) is 4.27. The fourth-order valence-electron chi connectivity index (χ4n) is 4.27. The van der Waals surface area contributed by atoms with Crippen molar-refractivity contribution in [2.45, 2.75) is 83.1 Å². The number of aryl methyl sites for hydroxylation is 1. The van der Waals surface area contributed by atoms with E-state index < -0.39 is 5.54 Å². The molecule has 2 heterocycles. The van der Waals surface area contributed by atoms with Crippen molar-refractivity contribution in [3.05, 3.63) is 11.7 Å². The van der Waals surface area contributed by atoms with E-state index in [-0.39, 0.29) is 42.9 Å². The van der Waals surface area contributed by atoms with E-state index in [1.165, 1.54) is 11.8 Å². The zero-order chi connectivity index (χ0) is 22.3. The van der Waals surface area contributed by atoms with Crippen LogP contribution in [0.4, 0.5) is 0 Å². The molecular weight excluding hydrogens is 402 g/mol. The minimum atomic E-state index is -0.600. The average molecular weight is 434 g/mol. The molecule has 170 valence electrons. The van der Waals surface area contributed by atoms with E-state index >= 15 is 0 Å². The van der Waals surface area contributed by atoms with Crippen molar-refractivity contribution in [1.82, 2.24) is 25.7 Å². The number of aromatic nitrogens is 2. The lowest BCUT2D eigenvalue weighted by atomic mass is 9.89. The molecule has 31 heavy (non-hydrogen) atoms. The molecule has 1 aromatic heterocycles. The summed E-state index contributed by atoms with van der Waals surface area (Å²) >= 11 is 0. The highest BCUT2D eigenvalue weighted by Gasteiger charge is 2.38. The van der Waals surface area contributed by atoms with Gasteiger partial charge in [0, 0.05) is 45.7 Å². The van der Waals surface area contributed by atoms with Gasteiger partial charge in [-0.05, 0) is 19.3 Å². The summed E-state index contributed by atoms with van der Waals surface area (Å²) in [6.45, 7) is 2.21. The summed E-state index contributed by atoms with van der Waals surface area (Å²) in [7, 11) is 0. The van der Waals surface area contributed by atoms with Gasteiger partial charge >= 0.3 is 0 Å². The van der Waals surface area contributed by atoms with Crippen LogP contribution in [0.25, 0.3) is 0 Å². The Morgan fingerprint density at radius 2 is 1.77 bits per heavy atom.